The number of nitrogens with zero attached hydrogens (tertiary/aromatic N) is 5. The van der Waals surface area contributed by atoms with Crippen molar-refractivity contribution in [3.8, 4) is 0 Å². The molecule has 0 spiro atoms. The van der Waals surface area contributed by atoms with Crippen LogP contribution in [0.1, 0.15) is 38.6 Å². The van der Waals surface area contributed by atoms with Gasteiger partial charge in [0.15, 0.2) is 5.82 Å². The Balaban J connectivity index is 2.13. The van der Waals surface area contributed by atoms with Crippen LogP contribution in [0, 0.1) is 5.92 Å². The van der Waals surface area contributed by atoms with Crippen LogP contribution in [-0.4, -0.2) is 59.6 Å². The van der Waals surface area contributed by atoms with Crippen LogP contribution >= 0.6 is 0 Å². The van der Waals surface area contributed by atoms with Crippen molar-refractivity contribution in [1.82, 2.24) is 19.9 Å². The smallest absolute Gasteiger partial charge is 0.310 e. The fourth-order valence-corrected chi connectivity index (χ4v) is 2.76. The summed E-state index contributed by atoms with van der Waals surface area (Å²) >= 11 is 0. The molecule has 0 aromatic carbocycles. The van der Waals surface area contributed by atoms with E-state index in [1.54, 1.807) is 4.90 Å². The molecule has 0 aliphatic carbocycles. The molecule has 0 bridgehead atoms. The Morgan fingerprint density at radius 3 is 2.83 bits per heavy atom. The summed E-state index contributed by atoms with van der Waals surface area (Å²) in [6.45, 7) is 5.84. The van der Waals surface area contributed by atoms with Crippen molar-refractivity contribution in [3.05, 3.63) is 5.82 Å². The summed E-state index contributed by atoms with van der Waals surface area (Å²) in [5.41, 5.74) is 5.80. The number of carbonyl (C=O) groups excluding carboxylic acids is 1. The molecule has 1 saturated heterocycles. The van der Waals surface area contributed by atoms with Crippen molar-refractivity contribution >= 4 is 17.9 Å². The van der Waals surface area contributed by atoms with Crippen LogP contribution in [0.15, 0.2) is 0 Å². The number of hydrogen-bond acceptors (Lipinski definition) is 8. The maximum atomic E-state index is 12.0. The number of rotatable bonds is 5. The Morgan fingerprint density at radius 2 is 2.17 bits per heavy atom. The lowest BCUT2D eigenvalue weighted by Gasteiger charge is -2.35. The fraction of sp³-hybridized carbons (Fsp3) is 0.733. The van der Waals surface area contributed by atoms with E-state index in [2.05, 4.69) is 19.9 Å². The van der Waals surface area contributed by atoms with Gasteiger partial charge in [0.05, 0.1) is 18.6 Å². The van der Waals surface area contributed by atoms with Gasteiger partial charge in [0, 0.05) is 20.6 Å². The maximum Gasteiger partial charge on any atom is 0.310 e. The lowest BCUT2D eigenvalue weighted by atomic mass is 9.97. The fourth-order valence-electron chi connectivity index (χ4n) is 2.76. The van der Waals surface area contributed by atoms with E-state index < -0.39 is 0 Å². The van der Waals surface area contributed by atoms with Gasteiger partial charge in [-0.3, -0.25) is 9.69 Å². The van der Waals surface area contributed by atoms with Gasteiger partial charge in [-0.05, 0) is 33.2 Å². The highest BCUT2D eigenvalue weighted by atomic mass is 16.5. The molecule has 0 amide bonds. The van der Waals surface area contributed by atoms with Crippen molar-refractivity contribution < 1.29 is 9.53 Å². The maximum absolute atomic E-state index is 12.0. The van der Waals surface area contributed by atoms with E-state index in [0.717, 1.165) is 19.4 Å². The first kappa shape index (κ1) is 17.4. The number of likely N-dealkylation sites (tertiary alicyclic amines) is 1. The van der Waals surface area contributed by atoms with Crippen LogP contribution < -0.4 is 10.6 Å². The van der Waals surface area contributed by atoms with Crippen LogP contribution in [0.2, 0.25) is 0 Å². The molecule has 1 aromatic rings. The molecule has 2 rings (SSSR count). The summed E-state index contributed by atoms with van der Waals surface area (Å²) in [7, 11) is 3.72. The average molecular weight is 322 g/mol. The van der Waals surface area contributed by atoms with Crippen molar-refractivity contribution in [2.45, 2.75) is 32.7 Å². The normalized spacial score (nSPS) is 20.1. The minimum atomic E-state index is -0.117. The highest BCUT2D eigenvalue weighted by Crippen LogP contribution is 2.26. The number of esters is 1. The minimum Gasteiger partial charge on any atom is -0.466 e. The summed E-state index contributed by atoms with van der Waals surface area (Å²) in [4.78, 5) is 28.9. The van der Waals surface area contributed by atoms with E-state index in [0.29, 0.717) is 24.9 Å². The molecule has 2 heterocycles. The lowest BCUT2D eigenvalue weighted by Crippen LogP contribution is -2.41. The molecule has 1 aliphatic heterocycles. The Morgan fingerprint density at radius 1 is 1.43 bits per heavy atom. The molecule has 1 aromatic heterocycles. The van der Waals surface area contributed by atoms with Crippen molar-refractivity contribution in [3.63, 3.8) is 0 Å². The van der Waals surface area contributed by atoms with Crippen LogP contribution in [0.4, 0.5) is 11.9 Å². The number of aromatic nitrogens is 3. The van der Waals surface area contributed by atoms with Gasteiger partial charge < -0.3 is 15.4 Å². The number of piperidine rings is 1. The molecule has 0 saturated carbocycles. The van der Waals surface area contributed by atoms with Gasteiger partial charge in [-0.2, -0.15) is 15.0 Å². The zero-order chi connectivity index (χ0) is 17.0. The minimum absolute atomic E-state index is 0.0313. The standard InChI is InChI=1S/C15H26N6O2/c1-5-23-13(22)11-7-6-8-21(9-11)10(2)12-17-14(16)19-15(18-12)20(3)4/h10-11H,5-9H2,1-4H3,(H2,16,17,18,19)/t10-,11+/m1/s1. The summed E-state index contributed by atoms with van der Waals surface area (Å²) in [5, 5.41) is 0. The Bertz CT molecular complexity index is 551. The highest BCUT2D eigenvalue weighted by molar-refractivity contribution is 5.72. The third-order valence-corrected chi connectivity index (χ3v) is 4.05. The van der Waals surface area contributed by atoms with E-state index in [-0.39, 0.29) is 23.9 Å². The SMILES string of the molecule is CCOC(=O)[C@H]1CCCN([C@H](C)c2nc(N)nc(N(C)C)n2)C1. The van der Waals surface area contributed by atoms with Gasteiger partial charge in [-0.15, -0.1) is 0 Å². The molecule has 23 heavy (non-hydrogen) atoms. The largest absolute Gasteiger partial charge is 0.466 e. The number of nitrogens with two attached hydrogens (primary N) is 1. The van der Waals surface area contributed by atoms with E-state index in [1.165, 1.54) is 0 Å². The predicted octanol–water partition coefficient (Wildman–Crippen LogP) is 0.856. The lowest BCUT2D eigenvalue weighted by molar-refractivity contribution is -0.150. The second kappa shape index (κ2) is 7.54. The van der Waals surface area contributed by atoms with E-state index in [4.69, 9.17) is 10.5 Å². The quantitative estimate of drug-likeness (QED) is 0.797. The van der Waals surface area contributed by atoms with Crippen LogP contribution in [0.5, 0.6) is 0 Å². The second-order valence-corrected chi connectivity index (χ2v) is 6.01. The molecule has 2 N–H and O–H groups in total. The number of ether oxygens (including phenoxy) is 1. The van der Waals surface area contributed by atoms with Gasteiger partial charge >= 0.3 is 5.97 Å². The Hall–Kier alpha value is -1.96. The van der Waals surface area contributed by atoms with Crippen LogP contribution in [-0.2, 0) is 9.53 Å². The molecule has 8 heteroatoms. The molecule has 128 valence electrons. The van der Waals surface area contributed by atoms with Gasteiger partial charge in [0.2, 0.25) is 11.9 Å². The number of nitrogen functional groups attached to an aromatic ring is 1. The number of anilines is 2. The van der Waals surface area contributed by atoms with Gasteiger partial charge in [-0.25, -0.2) is 0 Å². The van der Waals surface area contributed by atoms with Crippen molar-refractivity contribution in [2.75, 3.05) is 44.4 Å². The van der Waals surface area contributed by atoms with E-state index >= 15 is 0 Å². The second-order valence-electron chi connectivity index (χ2n) is 6.01. The van der Waals surface area contributed by atoms with E-state index in [9.17, 15) is 4.79 Å². The summed E-state index contributed by atoms with van der Waals surface area (Å²) < 4.78 is 5.15. The van der Waals surface area contributed by atoms with E-state index in [1.807, 2.05) is 27.9 Å². The number of hydrogen-bond donors (Lipinski definition) is 1. The molecule has 0 unspecified atom stereocenters. The van der Waals surface area contributed by atoms with Gasteiger partial charge in [0.1, 0.15) is 0 Å². The molecule has 0 radical (unpaired) electrons. The first-order chi connectivity index (χ1) is 10.9. The summed E-state index contributed by atoms with van der Waals surface area (Å²) in [5.74, 6) is 1.18. The molecular formula is C15H26N6O2. The Kier molecular flexibility index (Phi) is 5.70. The highest BCUT2D eigenvalue weighted by Gasteiger charge is 2.30. The summed E-state index contributed by atoms with van der Waals surface area (Å²) in [6, 6.07) is -0.0313. The first-order valence-electron chi connectivity index (χ1n) is 8.01. The Labute approximate surface area is 137 Å². The first-order valence-corrected chi connectivity index (χ1v) is 8.01. The summed E-state index contributed by atoms with van der Waals surface area (Å²) in [6.07, 6.45) is 1.82. The predicted molar refractivity (Wildman–Crippen MR) is 87.9 cm³/mol. The van der Waals surface area contributed by atoms with Crippen LogP contribution in [0.25, 0.3) is 0 Å². The molecule has 1 aliphatic rings. The number of carbonyl (C=O) groups is 1. The molecular weight excluding hydrogens is 296 g/mol. The van der Waals surface area contributed by atoms with Gasteiger partial charge in [-0.1, -0.05) is 0 Å². The zero-order valence-corrected chi connectivity index (χ0v) is 14.3. The third kappa shape index (κ3) is 4.28. The van der Waals surface area contributed by atoms with Crippen molar-refractivity contribution in [2.24, 2.45) is 5.92 Å². The molecule has 8 nitrogen and oxygen atoms in total. The van der Waals surface area contributed by atoms with Crippen molar-refractivity contribution in [1.29, 1.82) is 0 Å². The monoisotopic (exact) mass is 322 g/mol. The zero-order valence-electron chi connectivity index (χ0n) is 14.3. The van der Waals surface area contributed by atoms with Crippen LogP contribution in [0.3, 0.4) is 0 Å². The topological polar surface area (TPSA) is 97.5 Å². The third-order valence-electron chi connectivity index (χ3n) is 4.05. The van der Waals surface area contributed by atoms with Gasteiger partial charge in [0.25, 0.3) is 0 Å². The molecule has 1 fully saturated rings. The molecule has 2 atom stereocenters. The average Bonchev–Trinajstić information content (AvgIpc) is 2.54.